The van der Waals surface area contributed by atoms with Crippen LogP contribution in [0.2, 0.25) is 0 Å². The zero-order valence-corrected chi connectivity index (χ0v) is 10.8. The maximum Gasteiger partial charge on any atom is 0.224 e. The molecule has 0 aliphatic heterocycles. The Bertz CT molecular complexity index is 463. The number of carbonyl (C=O) groups is 1. The third kappa shape index (κ3) is 2.53. The summed E-state index contributed by atoms with van der Waals surface area (Å²) in [6.07, 6.45) is 1.58. The third-order valence-corrected chi connectivity index (χ3v) is 3.53. The number of nitrogens with one attached hydrogen (secondary N) is 1. The monoisotopic (exact) mass is 242 g/mol. The quantitative estimate of drug-likeness (QED) is 0.882. The first-order chi connectivity index (χ1) is 8.61. The van der Waals surface area contributed by atoms with Gasteiger partial charge in [0.15, 0.2) is 0 Å². The van der Waals surface area contributed by atoms with Crippen molar-refractivity contribution in [3.05, 3.63) is 35.4 Å². The summed E-state index contributed by atoms with van der Waals surface area (Å²) in [5.41, 5.74) is 2.52. The van der Waals surface area contributed by atoms with Gasteiger partial charge in [0.05, 0.1) is 6.07 Å². The van der Waals surface area contributed by atoms with E-state index in [0.29, 0.717) is 0 Å². The molecule has 1 aromatic carbocycles. The number of benzene rings is 1. The van der Waals surface area contributed by atoms with E-state index in [1.54, 1.807) is 0 Å². The minimum atomic E-state index is -0.388. The summed E-state index contributed by atoms with van der Waals surface area (Å²) >= 11 is 0. The van der Waals surface area contributed by atoms with Gasteiger partial charge in [0.2, 0.25) is 5.91 Å². The Hall–Kier alpha value is -1.82. The van der Waals surface area contributed by atoms with Crippen molar-refractivity contribution in [1.29, 1.82) is 5.26 Å². The predicted molar refractivity (Wildman–Crippen MR) is 69.7 cm³/mol. The normalized spacial score (nSPS) is 16.1. The molecular formula is C15H18N2O. The van der Waals surface area contributed by atoms with Gasteiger partial charge in [-0.05, 0) is 29.9 Å². The molecule has 0 bridgehead atoms. The van der Waals surface area contributed by atoms with Gasteiger partial charge in [-0.25, -0.2) is 0 Å². The van der Waals surface area contributed by atoms with Gasteiger partial charge in [0.25, 0.3) is 0 Å². The largest absolute Gasteiger partial charge is 0.340 e. The highest BCUT2D eigenvalue weighted by molar-refractivity contribution is 5.80. The van der Waals surface area contributed by atoms with Gasteiger partial charge in [0.1, 0.15) is 6.04 Å². The molecule has 18 heavy (non-hydrogen) atoms. The molecule has 1 atom stereocenters. The summed E-state index contributed by atoms with van der Waals surface area (Å²) in [5, 5.41) is 11.8. The number of carbonyl (C=O) groups excluding carboxylic acids is 1. The fraction of sp³-hybridized carbons (Fsp3) is 0.467. The molecule has 1 aromatic rings. The van der Waals surface area contributed by atoms with Crippen LogP contribution in [-0.4, -0.2) is 11.9 Å². The number of amides is 1. The van der Waals surface area contributed by atoms with Gasteiger partial charge in [-0.3, -0.25) is 4.79 Å². The van der Waals surface area contributed by atoms with Crippen LogP contribution >= 0.6 is 0 Å². The molecule has 1 unspecified atom stereocenters. The van der Waals surface area contributed by atoms with E-state index in [2.05, 4.69) is 23.5 Å². The maximum absolute atomic E-state index is 12.1. The molecule has 2 rings (SSSR count). The van der Waals surface area contributed by atoms with Gasteiger partial charge in [-0.1, -0.05) is 38.1 Å². The van der Waals surface area contributed by atoms with Crippen molar-refractivity contribution in [2.45, 2.75) is 32.7 Å². The zero-order chi connectivity index (χ0) is 13.1. The van der Waals surface area contributed by atoms with E-state index >= 15 is 0 Å². The Morgan fingerprint density at radius 2 is 1.89 bits per heavy atom. The van der Waals surface area contributed by atoms with Crippen molar-refractivity contribution >= 4 is 5.91 Å². The van der Waals surface area contributed by atoms with E-state index in [4.69, 9.17) is 5.26 Å². The zero-order valence-electron chi connectivity index (χ0n) is 10.8. The van der Waals surface area contributed by atoms with Crippen molar-refractivity contribution < 1.29 is 4.79 Å². The highest BCUT2D eigenvalue weighted by Crippen LogP contribution is 2.26. The van der Waals surface area contributed by atoms with Gasteiger partial charge in [0, 0.05) is 5.92 Å². The Morgan fingerprint density at radius 3 is 2.33 bits per heavy atom. The van der Waals surface area contributed by atoms with Crippen LogP contribution in [0.5, 0.6) is 0 Å². The highest BCUT2D eigenvalue weighted by atomic mass is 16.1. The molecule has 0 heterocycles. The molecule has 0 aromatic heterocycles. The number of hydrogen-bond acceptors (Lipinski definition) is 2. The van der Waals surface area contributed by atoms with Crippen LogP contribution in [0.15, 0.2) is 24.3 Å². The van der Waals surface area contributed by atoms with E-state index in [0.717, 1.165) is 12.8 Å². The second-order valence-corrected chi connectivity index (χ2v) is 5.23. The fourth-order valence-corrected chi connectivity index (χ4v) is 2.36. The minimum absolute atomic E-state index is 0.00597. The summed E-state index contributed by atoms with van der Waals surface area (Å²) in [6, 6.07) is 9.92. The number of fused-ring (bicyclic) bond motifs is 1. The average Bonchev–Trinajstić information content (AvgIpc) is 2.79. The van der Waals surface area contributed by atoms with E-state index < -0.39 is 0 Å². The van der Waals surface area contributed by atoms with Crippen molar-refractivity contribution in [3.8, 4) is 6.07 Å². The number of hydrogen-bond donors (Lipinski definition) is 1. The van der Waals surface area contributed by atoms with Gasteiger partial charge in [-0.15, -0.1) is 0 Å². The molecule has 3 heteroatoms. The number of rotatable bonds is 3. The first-order valence-corrected chi connectivity index (χ1v) is 6.38. The molecule has 0 radical (unpaired) electrons. The molecule has 94 valence electrons. The van der Waals surface area contributed by atoms with Crippen molar-refractivity contribution in [2.24, 2.45) is 11.8 Å². The second-order valence-electron chi connectivity index (χ2n) is 5.23. The SMILES string of the molecule is CC(C)C(C#N)NC(=O)C1Cc2ccccc2C1. The maximum atomic E-state index is 12.1. The van der Waals surface area contributed by atoms with Gasteiger partial charge >= 0.3 is 0 Å². The Morgan fingerprint density at radius 1 is 1.33 bits per heavy atom. The van der Waals surface area contributed by atoms with E-state index in [9.17, 15) is 4.79 Å². The van der Waals surface area contributed by atoms with Crippen LogP contribution in [0.25, 0.3) is 0 Å². The first kappa shape index (κ1) is 12.6. The van der Waals surface area contributed by atoms with Crippen LogP contribution in [0.3, 0.4) is 0 Å². The number of nitrogens with zero attached hydrogens (tertiary/aromatic N) is 1. The van der Waals surface area contributed by atoms with Crippen LogP contribution < -0.4 is 5.32 Å². The topological polar surface area (TPSA) is 52.9 Å². The first-order valence-electron chi connectivity index (χ1n) is 6.38. The predicted octanol–water partition coefficient (Wildman–Crippen LogP) is 2.07. The summed E-state index contributed by atoms with van der Waals surface area (Å²) in [5.74, 6) is 0.131. The summed E-state index contributed by atoms with van der Waals surface area (Å²) < 4.78 is 0. The Balaban J connectivity index is 2.00. The van der Waals surface area contributed by atoms with Crippen LogP contribution in [0.4, 0.5) is 0 Å². The van der Waals surface area contributed by atoms with Crippen molar-refractivity contribution in [1.82, 2.24) is 5.32 Å². The summed E-state index contributed by atoms with van der Waals surface area (Å²) in [6.45, 7) is 3.88. The highest BCUT2D eigenvalue weighted by Gasteiger charge is 2.28. The summed E-state index contributed by atoms with van der Waals surface area (Å²) in [7, 11) is 0. The molecule has 1 aliphatic rings. The third-order valence-electron chi connectivity index (χ3n) is 3.53. The molecule has 0 spiro atoms. The lowest BCUT2D eigenvalue weighted by Gasteiger charge is -2.17. The van der Waals surface area contributed by atoms with Crippen molar-refractivity contribution in [3.63, 3.8) is 0 Å². The fourth-order valence-electron chi connectivity index (χ4n) is 2.36. The van der Waals surface area contributed by atoms with Gasteiger partial charge in [-0.2, -0.15) is 5.26 Å². The van der Waals surface area contributed by atoms with Crippen LogP contribution in [0.1, 0.15) is 25.0 Å². The van der Waals surface area contributed by atoms with Crippen LogP contribution in [-0.2, 0) is 17.6 Å². The standard InChI is InChI=1S/C15H18N2O/c1-10(2)14(9-16)17-15(18)13-7-11-5-3-4-6-12(11)8-13/h3-6,10,13-14H,7-8H2,1-2H3,(H,17,18). The molecule has 0 saturated heterocycles. The minimum Gasteiger partial charge on any atom is -0.340 e. The lowest BCUT2D eigenvalue weighted by molar-refractivity contribution is -0.125. The van der Waals surface area contributed by atoms with E-state index in [1.165, 1.54) is 11.1 Å². The second kappa shape index (κ2) is 5.22. The lowest BCUT2D eigenvalue weighted by Crippen LogP contribution is -2.41. The molecule has 1 aliphatic carbocycles. The molecule has 3 nitrogen and oxygen atoms in total. The lowest BCUT2D eigenvalue weighted by atomic mass is 10.0. The number of nitriles is 1. The average molecular weight is 242 g/mol. The molecule has 1 amide bonds. The van der Waals surface area contributed by atoms with E-state index in [1.807, 2.05) is 26.0 Å². The Kier molecular flexibility index (Phi) is 3.66. The smallest absolute Gasteiger partial charge is 0.224 e. The van der Waals surface area contributed by atoms with E-state index in [-0.39, 0.29) is 23.8 Å². The molecule has 0 fully saturated rings. The molecule has 0 saturated carbocycles. The Labute approximate surface area is 108 Å². The molecular weight excluding hydrogens is 224 g/mol. The van der Waals surface area contributed by atoms with Crippen molar-refractivity contribution in [2.75, 3.05) is 0 Å². The van der Waals surface area contributed by atoms with Gasteiger partial charge < -0.3 is 5.32 Å². The summed E-state index contributed by atoms with van der Waals surface area (Å²) in [4.78, 5) is 12.1. The van der Waals surface area contributed by atoms with Crippen LogP contribution in [0, 0.1) is 23.2 Å². The molecule has 1 N–H and O–H groups in total.